The zero-order valence-electron chi connectivity index (χ0n) is 19.6. The van der Waals surface area contributed by atoms with Crippen LogP contribution in [0.5, 0.6) is 0 Å². The van der Waals surface area contributed by atoms with Crippen molar-refractivity contribution in [2.45, 2.75) is 61.3 Å². The van der Waals surface area contributed by atoms with Crippen LogP contribution in [-0.2, 0) is 33.2 Å². The molecule has 0 bridgehead atoms. The molecule has 1 aliphatic heterocycles. The number of imidazole rings is 1. The molecule has 11 heteroatoms. The smallest absolute Gasteiger partial charge is 0.376 e. The van der Waals surface area contributed by atoms with Gasteiger partial charge in [0.25, 0.3) is 0 Å². The predicted molar refractivity (Wildman–Crippen MR) is 130 cm³/mol. The monoisotopic (exact) mass is 527 g/mol. The molecule has 4 rings (SSSR count). The molecule has 1 aliphatic rings. The normalized spacial score (nSPS) is 17.0. The van der Waals surface area contributed by atoms with Crippen LogP contribution in [0.2, 0.25) is 0 Å². The first-order chi connectivity index (χ1) is 16.6. The van der Waals surface area contributed by atoms with Gasteiger partial charge in [-0.3, -0.25) is 0 Å². The van der Waals surface area contributed by atoms with Crippen molar-refractivity contribution in [3.8, 4) is 0 Å². The van der Waals surface area contributed by atoms with E-state index < -0.39 is 21.8 Å². The fourth-order valence-corrected chi connectivity index (χ4v) is 6.64. The zero-order chi connectivity index (χ0) is 25.2. The summed E-state index contributed by atoms with van der Waals surface area (Å²) in [6.07, 6.45) is -2.42. The lowest BCUT2D eigenvalue weighted by molar-refractivity contribution is -0.137. The summed E-state index contributed by atoms with van der Waals surface area (Å²) in [6, 6.07) is 10.1. The van der Waals surface area contributed by atoms with Crippen LogP contribution in [0.3, 0.4) is 0 Å². The fraction of sp³-hybridized carbons (Fsp3) is 0.458. The molecular weight excluding hydrogens is 499 g/mol. The third-order valence-corrected chi connectivity index (χ3v) is 9.18. The lowest BCUT2D eigenvalue weighted by Gasteiger charge is -2.18. The number of rotatable bonds is 9. The second-order valence-corrected chi connectivity index (χ2v) is 11.2. The Hall–Kier alpha value is -2.08. The summed E-state index contributed by atoms with van der Waals surface area (Å²) in [5, 5.41) is 0.674. The molecule has 0 spiro atoms. The van der Waals surface area contributed by atoms with Crippen molar-refractivity contribution < 1.29 is 26.3 Å². The van der Waals surface area contributed by atoms with Crippen molar-refractivity contribution in [1.82, 2.24) is 13.9 Å². The molecule has 2 heterocycles. The maximum Gasteiger partial charge on any atom is 0.416 e. The van der Waals surface area contributed by atoms with Crippen LogP contribution in [0.25, 0.3) is 11.0 Å². The highest BCUT2D eigenvalue weighted by atomic mass is 32.2. The number of hydrogen-bond donors (Lipinski definition) is 0. The van der Waals surface area contributed by atoms with Gasteiger partial charge >= 0.3 is 6.18 Å². The van der Waals surface area contributed by atoms with Crippen LogP contribution in [-0.4, -0.2) is 48.1 Å². The summed E-state index contributed by atoms with van der Waals surface area (Å²) >= 11 is 1.41. The minimum atomic E-state index is -4.37. The third-order valence-electron chi connectivity index (χ3n) is 6.09. The number of ether oxygens (including phenoxy) is 1. The Kier molecular flexibility index (Phi) is 7.80. The molecule has 1 fully saturated rings. The van der Waals surface area contributed by atoms with Gasteiger partial charge in [0.2, 0.25) is 10.0 Å². The highest BCUT2D eigenvalue weighted by Gasteiger charge is 2.30. The first kappa shape index (κ1) is 26.0. The summed E-state index contributed by atoms with van der Waals surface area (Å²) in [5.41, 5.74) is 1.42. The number of halogens is 3. The number of nitrogens with zero attached hydrogens (tertiary/aromatic N) is 3. The highest BCUT2D eigenvalue weighted by Crippen LogP contribution is 2.32. The molecule has 3 aromatic rings. The molecule has 0 radical (unpaired) electrons. The summed E-state index contributed by atoms with van der Waals surface area (Å²) in [5.74, 6) is 0.428. The number of alkyl halides is 3. The molecule has 0 unspecified atom stereocenters. The van der Waals surface area contributed by atoms with Gasteiger partial charge in [0, 0.05) is 25.4 Å². The van der Waals surface area contributed by atoms with E-state index in [0.717, 1.165) is 36.1 Å². The zero-order valence-corrected chi connectivity index (χ0v) is 21.2. The van der Waals surface area contributed by atoms with E-state index in [1.165, 1.54) is 28.2 Å². The number of aromatic nitrogens is 2. The molecule has 2 aromatic carbocycles. The van der Waals surface area contributed by atoms with Crippen molar-refractivity contribution in [2.75, 3.05) is 19.7 Å². The standard InChI is InChI=1S/C24H28F3N3O3S2/c1-3-29(4-2)35(31,32)20-11-12-22-21(14-20)28-23(30(22)15-19-6-5-13-33-19)34-16-17-7-9-18(10-8-17)24(25,26)27/h7-12,14,19H,3-6,13,15-16H2,1-2H3/t19-/m1/s1. The lowest BCUT2D eigenvalue weighted by Crippen LogP contribution is -2.30. The number of sulfonamides is 1. The molecule has 1 saturated heterocycles. The molecule has 0 saturated carbocycles. The van der Waals surface area contributed by atoms with Crippen LogP contribution in [0.15, 0.2) is 52.5 Å². The quantitative estimate of drug-likeness (QED) is 0.341. The van der Waals surface area contributed by atoms with Crippen molar-refractivity contribution in [3.05, 3.63) is 53.6 Å². The maximum absolute atomic E-state index is 13.0. The molecule has 190 valence electrons. The van der Waals surface area contributed by atoms with Crippen LogP contribution >= 0.6 is 11.8 Å². The first-order valence-electron chi connectivity index (χ1n) is 11.5. The maximum atomic E-state index is 13.0. The average molecular weight is 528 g/mol. The summed E-state index contributed by atoms with van der Waals surface area (Å²) in [6.45, 7) is 5.63. The van der Waals surface area contributed by atoms with Gasteiger partial charge in [0.15, 0.2) is 5.16 Å². The molecule has 1 aromatic heterocycles. The van der Waals surface area contributed by atoms with E-state index in [-0.39, 0.29) is 11.0 Å². The van der Waals surface area contributed by atoms with Gasteiger partial charge in [0.1, 0.15) is 0 Å². The number of fused-ring (bicyclic) bond motifs is 1. The second kappa shape index (κ2) is 10.5. The predicted octanol–water partition coefficient (Wildman–Crippen LogP) is 5.56. The van der Waals surface area contributed by atoms with E-state index in [2.05, 4.69) is 0 Å². The summed E-state index contributed by atoms with van der Waals surface area (Å²) < 4.78 is 73.9. The van der Waals surface area contributed by atoms with Gasteiger partial charge in [-0.2, -0.15) is 17.5 Å². The van der Waals surface area contributed by atoms with E-state index in [4.69, 9.17) is 9.72 Å². The molecule has 0 amide bonds. The Morgan fingerprint density at radius 1 is 1.14 bits per heavy atom. The van der Waals surface area contributed by atoms with Gasteiger partial charge in [0.05, 0.1) is 34.1 Å². The fourth-order valence-electron chi connectivity index (χ4n) is 4.18. The topological polar surface area (TPSA) is 64.4 Å². The van der Waals surface area contributed by atoms with Gasteiger partial charge in [-0.05, 0) is 48.7 Å². The lowest BCUT2D eigenvalue weighted by atomic mass is 10.1. The first-order valence-corrected chi connectivity index (χ1v) is 14.0. The van der Waals surface area contributed by atoms with Crippen LogP contribution < -0.4 is 0 Å². The largest absolute Gasteiger partial charge is 0.416 e. The number of benzene rings is 2. The van der Waals surface area contributed by atoms with Crippen molar-refractivity contribution in [2.24, 2.45) is 0 Å². The minimum absolute atomic E-state index is 0.0388. The number of hydrogen-bond acceptors (Lipinski definition) is 5. The molecule has 6 nitrogen and oxygen atoms in total. The second-order valence-electron chi connectivity index (χ2n) is 8.36. The van der Waals surface area contributed by atoms with E-state index >= 15 is 0 Å². The van der Waals surface area contributed by atoms with E-state index in [1.54, 1.807) is 32.0 Å². The SMILES string of the molecule is CCN(CC)S(=O)(=O)c1ccc2c(c1)nc(SCc1ccc(C(F)(F)F)cc1)n2C[C@H]1CCCO1. The van der Waals surface area contributed by atoms with Crippen LogP contribution in [0.1, 0.15) is 37.8 Å². The van der Waals surface area contributed by atoms with Crippen molar-refractivity contribution in [3.63, 3.8) is 0 Å². The molecule has 1 atom stereocenters. The molecule has 35 heavy (non-hydrogen) atoms. The molecule has 0 N–H and O–H groups in total. The Morgan fingerprint density at radius 2 is 1.86 bits per heavy atom. The summed E-state index contributed by atoms with van der Waals surface area (Å²) in [7, 11) is -3.63. The Bertz CT molecular complexity index is 1260. The Balaban J connectivity index is 1.65. The number of thioether (sulfide) groups is 1. The van der Waals surface area contributed by atoms with Crippen LogP contribution in [0, 0.1) is 0 Å². The van der Waals surface area contributed by atoms with Gasteiger partial charge in [-0.15, -0.1) is 0 Å². The summed E-state index contributed by atoms with van der Waals surface area (Å²) in [4.78, 5) is 4.91. The third kappa shape index (κ3) is 5.68. The highest BCUT2D eigenvalue weighted by molar-refractivity contribution is 7.98. The molecular formula is C24H28F3N3O3S2. The van der Waals surface area contributed by atoms with Gasteiger partial charge in [-0.1, -0.05) is 37.7 Å². The molecule has 0 aliphatic carbocycles. The van der Waals surface area contributed by atoms with E-state index in [1.807, 2.05) is 4.57 Å². The Morgan fingerprint density at radius 3 is 2.46 bits per heavy atom. The van der Waals surface area contributed by atoms with Gasteiger partial charge in [-0.25, -0.2) is 13.4 Å². The van der Waals surface area contributed by atoms with E-state index in [0.29, 0.717) is 42.7 Å². The average Bonchev–Trinajstić information content (AvgIpc) is 3.46. The van der Waals surface area contributed by atoms with Crippen molar-refractivity contribution in [1.29, 1.82) is 0 Å². The van der Waals surface area contributed by atoms with Crippen molar-refractivity contribution >= 4 is 32.8 Å². The Labute approximate surface area is 207 Å². The van der Waals surface area contributed by atoms with E-state index in [9.17, 15) is 21.6 Å². The van der Waals surface area contributed by atoms with Crippen LogP contribution in [0.4, 0.5) is 13.2 Å². The van der Waals surface area contributed by atoms with Gasteiger partial charge < -0.3 is 9.30 Å². The minimum Gasteiger partial charge on any atom is -0.376 e.